The van der Waals surface area contributed by atoms with E-state index in [1.165, 1.54) is 31.7 Å². The van der Waals surface area contributed by atoms with Gasteiger partial charge in [-0.05, 0) is 31.5 Å². The number of thiocarbonyl (C=S) groups is 1. The van der Waals surface area contributed by atoms with Crippen LogP contribution in [0.1, 0.15) is 51.5 Å². The molecule has 0 radical (unpaired) electrons. The van der Waals surface area contributed by atoms with Crippen molar-refractivity contribution in [2.45, 2.75) is 52.0 Å². The van der Waals surface area contributed by atoms with Crippen LogP contribution < -0.4 is 11.1 Å². The summed E-state index contributed by atoms with van der Waals surface area (Å²) in [6.07, 6.45) is 5.97. The second-order valence-electron chi connectivity index (χ2n) is 4.95. The van der Waals surface area contributed by atoms with Gasteiger partial charge in [0, 0.05) is 11.6 Å². The smallest absolute Gasteiger partial charge is 0.146 e. The molecule has 19 heavy (non-hydrogen) atoms. The lowest BCUT2D eigenvalue weighted by molar-refractivity contribution is 0.585. The third-order valence-corrected chi connectivity index (χ3v) is 3.38. The third kappa shape index (κ3) is 5.55. The second kappa shape index (κ2) is 8.10. The fourth-order valence-corrected chi connectivity index (χ4v) is 2.13. The van der Waals surface area contributed by atoms with E-state index in [-0.39, 0.29) is 16.8 Å². The summed E-state index contributed by atoms with van der Waals surface area (Å²) in [5.41, 5.74) is 6.55. The first kappa shape index (κ1) is 15.9. The first-order chi connectivity index (χ1) is 9.04. The van der Waals surface area contributed by atoms with Gasteiger partial charge in [-0.25, -0.2) is 4.39 Å². The molecule has 0 amide bonds. The van der Waals surface area contributed by atoms with Crippen molar-refractivity contribution in [3.63, 3.8) is 0 Å². The first-order valence-electron chi connectivity index (χ1n) is 6.90. The van der Waals surface area contributed by atoms with Gasteiger partial charge in [-0.15, -0.1) is 0 Å². The molecule has 1 rings (SSSR count). The number of hydrogen-bond donors (Lipinski definition) is 2. The molecule has 4 heteroatoms. The summed E-state index contributed by atoms with van der Waals surface area (Å²) in [6.45, 7) is 4.27. The van der Waals surface area contributed by atoms with Crippen molar-refractivity contribution in [2.24, 2.45) is 5.73 Å². The van der Waals surface area contributed by atoms with Crippen LogP contribution in [0.2, 0.25) is 0 Å². The predicted octanol–water partition coefficient (Wildman–Crippen LogP) is 4.23. The first-order valence-corrected chi connectivity index (χ1v) is 7.31. The molecular weight excluding hydrogens is 259 g/mol. The Kier molecular flexibility index (Phi) is 6.78. The van der Waals surface area contributed by atoms with E-state index in [0.717, 1.165) is 6.42 Å². The highest BCUT2D eigenvalue weighted by Crippen LogP contribution is 2.18. The van der Waals surface area contributed by atoms with E-state index in [4.69, 9.17) is 18.0 Å². The number of hydrogen-bond acceptors (Lipinski definition) is 2. The maximum absolute atomic E-state index is 13.8. The molecule has 0 saturated carbocycles. The monoisotopic (exact) mass is 282 g/mol. The van der Waals surface area contributed by atoms with Crippen LogP contribution in [0, 0.1) is 5.82 Å². The number of anilines is 1. The molecule has 106 valence electrons. The van der Waals surface area contributed by atoms with Gasteiger partial charge in [0.15, 0.2) is 0 Å². The number of unbranched alkanes of at least 4 members (excludes halogenated alkanes) is 3. The Morgan fingerprint density at radius 1 is 1.37 bits per heavy atom. The van der Waals surface area contributed by atoms with Crippen LogP contribution >= 0.6 is 12.2 Å². The Balaban J connectivity index is 2.50. The molecule has 1 aromatic carbocycles. The summed E-state index contributed by atoms with van der Waals surface area (Å²) in [4.78, 5) is 0.220. The van der Waals surface area contributed by atoms with Crippen molar-refractivity contribution in [1.29, 1.82) is 0 Å². The van der Waals surface area contributed by atoms with Crippen LogP contribution in [-0.2, 0) is 0 Å². The van der Waals surface area contributed by atoms with Gasteiger partial charge in [-0.3, -0.25) is 0 Å². The Morgan fingerprint density at radius 3 is 2.68 bits per heavy atom. The van der Waals surface area contributed by atoms with Gasteiger partial charge in [0.25, 0.3) is 0 Å². The maximum atomic E-state index is 13.8. The molecule has 0 saturated heterocycles. The topological polar surface area (TPSA) is 38.0 Å². The van der Waals surface area contributed by atoms with E-state index in [1.54, 1.807) is 12.1 Å². The highest BCUT2D eigenvalue weighted by atomic mass is 32.1. The van der Waals surface area contributed by atoms with Crippen LogP contribution in [-0.4, -0.2) is 11.0 Å². The molecule has 0 heterocycles. The summed E-state index contributed by atoms with van der Waals surface area (Å²) < 4.78 is 13.8. The molecule has 3 N–H and O–H groups in total. The fourth-order valence-electron chi connectivity index (χ4n) is 2.00. The minimum atomic E-state index is -0.300. The summed E-state index contributed by atoms with van der Waals surface area (Å²) >= 11 is 4.83. The molecule has 1 unspecified atom stereocenters. The van der Waals surface area contributed by atoms with E-state index < -0.39 is 0 Å². The average molecular weight is 282 g/mol. The predicted molar refractivity (Wildman–Crippen MR) is 84.1 cm³/mol. The Bertz CT molecular complexity index is 421. The molecular formula is C15H23FN2S. The highest BCUT2D eigenvalue weighted by Gasteiger charge is 2.08. The van der Waals surface area contributed by atoms with Crippen molar-refractivity contribution in [2.75, 3.05) is 5.32 Å². The van der Waals surface area contributed by atoms with Gasteiger partial charge < -0.3 is 11.1 Å². The van der Waals surface area contributed by atoms with Gasteiger partial charge in [0.1, 0.15) is 10.8 Å². The van der Waals surface area contributed by atoms with Crippen molar-refractivity contribution in [3.8, 4) is 0 Å². The van der Waals surface area contributed by atoms with Crippen molar-refractivity contribution < 1.29 is 4.39 Å². The third-order valence-electron chi connectivity index (χ3n) is 3.15. The molecule has 0 aliphatic rings. The molecule has 0 aliphatic carbocycles. The zero-order valence-electron chi connectivity index (χ0n) is 11.7. The molecule has 1 atom stereocenters. The fraction of sp³-hybridized carbons (Fsp3) is 0.533. The summed E-state index contributed by atoms with van der Waals surface area (Å²) in [5, 5.41) is 3.19. The van der Waals surface area contributed by atoms with Gasteiger partial charge in [0.2, 0.25) is 0 Å². The largest absolute Gasteiger partial charge is 0.389 e. The summed E-state index contributed by atoms with van der Waals surface area (Å²) in [5.74, 6) is -0.300. The van der Waals surface area contributed by atoms with E-state index in [9.17, 15) is 4.39 Å². The molecule has 0 aromatic heterocycles. The van der Waals surface area contributed by atoms with Crippen molar-refractivity contribution in [1.82, 2.24) is 0 Å². The molecule has 2 nitrogen and oxygen atoms in total. The molecule has 0 bridgehead atoms. The maximum Gasteiger partial charge on any atom is 0.146 e. The number of nitrogens with one attached hydrogen (secondary N) is 1. The minimum Gasteiger partial charge on any atom is -0.389 e. The number of nitrogens with two attached hydrogens (primary N) is 1. The van der Waals surface area contributed by atoms with Crippen LogP contribution in [0.25, 0.3) is 0 Å². The van der Waals surface area contributed by atoms with Crippen molar-refractivity contribution >= 4 is 22.9 Å². The second-order valence-corrected chi connectivity index (χ2v) is 5.39. The van der Waals surface area contributed by atoms with Crippen LogP contribution in [0.5, 0.6) is 0 Å². The quantitative estimate of drug-likeness (QED) is 0.553. The SMILES string of the molecule is CCCCCCC(C)Nc1ccc(C(N)=S)cc1F. The molecule has 1 aromatic rings. The number of halogens is 1. The Labute approximate surface area is 120 Å². The molecule has 0 aliphatic heterocycles. The Morgan fingerprint density at radius 2 is 2.11 bits per heavy atom. The van der Waals surface area contributed by atoms with Gasteiger partial charge in [0.05, 0.1) is 5.69 Å². The highest BCUT2D eigenvalue weighted by molar-refractivity contribution is 7.80. The Hall–Kier alpha value is -1.16. The van der Waals surface area contributed by atoms with Gasteiger partial charge in [-0.2, -0.15) is 0 Å². The zero-order chi connectivity index (χ0) is 14.3. The lowest BCUT2D eigenvalue weighted by Crippen LogP contribution is -2.16. The molecule has 0 fully saturated rings. The summed E-state index contributed by atoms with van der Waals surface area (Å²) in [7, 11) is 0. The van der Waals surface area contributed by atoms with Crippen LogP contribution in [0.3, 0.4) is 0 Å². The molecule has 0 spiro atoms. The van der Waals surface area contributed by atoms with Gasteiger partial charge >= 0.3 is 0 Å². The minimum absolute atomic E-state index is 0.220. The lowest BCUT2D eigenvalue weighted by Gasteiger charge is -2.16. The lowest BCUT2D eigenvalue weighted by atomic mass is 10.1. The number of benzene rings is 1. The van der Waals surface area contributed by atoms with Gasteiger partial charge in [-0.1, -0.05) is 44.8 Å². The van der Waals surface area contributed by atoms with E-state index in [0.29, 0.717) is 11.3 Å². The number of rotatable bonds is 8. The summed E-state index contributed by atoms with van der Waals surface area (Å²) in [6, 6.07) is 5.10. The van der Waals surface area contributed by atoms with E-state index in [1.807, 2.05) is 0 Å². The average Bonchev–Trinajstić information content (AvgIpc) is 2.37. The van der Waals surface area contributed by atoms with Crippen LogP contribution in [0.15, 0.2) is 18.2 Å². The standard InChI is InChI=1S/C15H23FN2S/c1-3-4-5-6-7-11(2)18-14-9-8-12(15(17)19)10-13(14)16/h8-11,18H,3-7H2,1-2H3,(H2,17,19). The van der Waals surface area contributed by atoms with E-state index >= 15 is 0 Å². The van der Waals surface area contributed by atoms with E-state index in [2.05, 4.69) is 19.2 Å². The zero-order valence-corrected chi connectivity index (χ0v) is 12.5. The normalized spacial score (nSPS) is 12.2. The van der Waals surface area contributed by atoms with Crippen LogP contribution in [0.4, 0.5) is 10.1 Å². The van der Waals surface area contributed by atoms with Crippen molar-refractivity contribution in [3.05, 3.63) is 29.6 Å².